The van der Waals surface area contributed by atoms with Crippen LogP contribution in [0.5, 0.6) is 11.5 Å². The summed E-state index contributed by atoms with van der Waals surface area (Å²) < 4.78 is 20.1. The molecule has 0 bridgehead atoms. The van der Waals surface area contributed by atoms with E-state index in [0.717, 1.165) is 0 Å². The molecule has 6 nitrogen and oxygen atoms in total. The minimum Gasteiger partial charge on any atom is -0.497 e. The Balaban J connectivity index is 3.25. The van der Waals surface area contributed by atoms with Crippen LogP contribution in [0.25, 0.3) is 6.08 Å². The Bertz CT molecular complexity index is 520. The molecule has 1 aromatic carbocycles. The summed E-state index contributed by atoms with van der Waals surface area (Å²) in [5, 5.41) is 0. The van der Waals surface area contributed by atoms with Gasteiger partial charge >= 0.3 is 11.9 Å². The average molecular weight is 308 g/mol. The zero-order valence-corrected chi connectivity index (χ0v) is 13.2. The molecule has 0 fully saturated rings. The second-order valence-corrected chi connectivity index (χ2v) is 4.14. The first-order valence-corrected chi connectivity index (χ1v) is 6.84. The van der Waals surface area contributed by atoms with Gasteiger partial charge in [0.25, 0.3) is 0 Å². The number of carbonyl (C=O) groups excluding carboxylic acids is 2. The van der Waals surface area contributed by atoms with E-state index in [-0.39, 0.29) is 18.8 Å². The van der Waals surface area contributed by atoms with E-state index < -0.39 is 11.9 Å². The third-order valence-electron chi connectivity index (χ3n) is 2.68. The summed E-state index contributed by atoms with van der Waals surface area (Å²) >= 11 is 0. The van der Waals surface area contributed by atoms with Crippen LogP contribution in [0.3, 0.4) is 0 Å². The minimum absolute atomic E-state index is 0.164. The summed E-state index contributed by atoms with van der Waals surface area (Å²) in [6, 6.07) is 5.02. The summed E-state index contributed by atoms with van der Waals surface area (Å²) in [7, 11) is 3.03. The smallest absolute Gasteiger partial charge is 0.345 e. The SMILES string of the molecule is CCOC(=O)C(=Cc1cc(OC)cc(OC)c1)C(=O)OCC. The number of esters is 2. The van der Waals surface area contributed by atoms with Gasteiger partial charge in [-0.05, 0) is 37.6 Å². The zero-order chi connectivity index (χ0) is 16.5. The van der Waals surface area contributed by atoms with Crippen LogP contribution in [0.2, 0.25) is 0 Å². The van der Waals surface area contributed by atoms with Crippen molar-refractivity contribution in [3.05, 3.63) is 29.3 Å². The van der Waals surface area contributed by atoms with Crippen LogP contribution < -0.4 is 9.47 Å². The molecule has 0 unspecified atom stereocenters. The number of rotatable bonds is 7. The largest absolute Gasteiger partial charge is 0.497 e. The highest BCUT2D eigenvalue weighted by Crippen LogP contribution is 2.24. The third kappa shape index (κ3) is 4.80. The Hall–Kier alpha value is -2.50. The Labute approximate surface area is 129 Å². The van der Waals surface area contributed by atoms with Crippen LogP contribution in [0.15, 0.2) is 23.8 Å². The van der Waals surface area contributed by atoms with Gasteiger partial charge in [0.2, 0.25) is 0 Å². The monoisotopic (exact) mass is 308 g/mol. The van der Waals surface area contributed by atoms with Crippen molar-refractivity contribution in [2.75, 3.05) is 27.4 Å². The van der Waals surface area contributed by atoms with Crippen molar-refractivity contribution >= 4 is 18.0 Å². The summed E-state index contributed by atoms with van der Waals surface area (Å²) in [4.78, 5) is 23.8. The Morgan fingerprint density at radius 3 is 1.73 bits per heavy atom. The fourth-order valence-corrected chi connectivity index (χ4v) is 1.70. The molecule has 0 saturated carbocycles. The minimum atomic E-state index is -0.734. The molecule has 0 saturated heterocycles. The molecule has 0 radical (unpaired) electrons. The summed E-state index contributed by atoms with van der Waals surface area (Å²) in [6.45, 7) is 3.65. The molecule has 120 valence electrons. The lowest BCUT2D eigenvalue weighted by atomic mass is 10.1. The topological polar surface area (TPSA) is 71.1 Å². The van der Waals surface area contributed by atoms with Crippen molar-refractivity contribution in [3.8, 4) is 11.5 Å². The van der Waals surface area contributed by atoms with E-state index in [0.29, 0.717) is 17.1 Å². The third-order valence-corrected chi connectivity index (χ3v) is 2.68. The van der Waals surface area contributed by atoms with E-state index in [1.807, 2.05) is 0 Å². The molecular formula is C16H20O6. The lowest BCUT2D eigenvalue weighted by Gasteiger charge is -2.09. The molecule has 0 aliphatic carbocycles. The molecule has 1 aromatic rings. The fourth-order valence-electron chi connectivity index (χ4n) is 1.70. The maximum atomic E-state index is 11.9. The van der Waals surface area contributed by atoms with Crippen molar-refractivity contribution in [1.29, 1.82) is 0 Å². The van der Waals surface area contributed by atoms with Crippen LogP contribution in [-0.4, -0.2) is 39.4 Å². The number of hydrogen-bond acceptors (Lipinski definition) is 6. The second kappa shape index (κ2) is 8.71. The van der Waals surface area contributed by atoms with E-state index in [4.69, 9.17) is 18.9 Å². The number of hydrogen-bond donors (Lipinski definition) is 0. The van der Waals surface area contributed by atoms with Gasteiger partial charge in [0.15, 0.2) is 0 Å². The Morgan fingerprint density at radius 1 is 0.909 bits per heavy atom. The maximum absolute atomic E-state index is 11.9. The van der Waals surface area contributed by atoms with Gasteiger partial charge in [0.1, 0.15) is 17.1 Å². The molecule has 0 atom stereocenters. The van der Waals surface area contributed by atoms with Crippen molar-refractivity contribution in [3.63, 3.8) is 0 Å². The normalized spacial score (nSPS) is 9.64. The van der Waals surface area contributed by atoms with Crippen molar-refractivity contribution in [1.82, 2.24) is 0 Å². The highest BCUT2D eigenvalue weighted by atomic mass is 16.6. The van der Waals surface area contributed by atoms with E-state index in [1.54, 1.807) is 32.0 Å². The molecular weight excluding hydrogens is 288 g/mol. The van der Waals surface area contributed by atoms with E-state index in [9.17, 15) is 9.59 Å². The predicted molar refractivity (Wildman–Crippen MR) is 80.8 cm³/mol. The van der Waals surface area contributed by atoms with Crippen LogP contribution in [-0.2, 0) is 19.1 Å². The van der Waals surface area contributed by atoms with Gasteiger partial charge in [-0.15, -0.1) is 0 Å². The Morgan fingerprint density at radius 2 is 1.36 bits per heavy atom. The molecule has 0 aliphatic heterocycles. The molecule has 22 heavy (non-hydrogen) atoms. The van der Waals surface area contributed by atoms with Gasteiger partial charge in [-0.2, -0.15) is 0 Å². The van der Waals surface area contributed by atoms with Gasteiger partial charge < -0.3 is 18.9 Å². The molecule has 0 N–H and O–H groups in total. The molecule has 0 amide bonds. The number of benzene rings is 1. The van der Waals surface area contributed by atoms with E-state index in [2.05, 4.69) is 0 Å². The van der Waals surface area contributed by atoms with E-state index in [1.165, 1.54) is 20.3 Å². The second-order valence-electron chi connectivity index (χ2n) is 4.14. The molecule has 0 aliphatic rings. The fraction of sp³-hybridized carbons (Fsp3) is 0.375. The predicted octanol–water partition coefficient (Wildman–Crippen LogP) is 2.21. The lowest BCUT2D eigenvalue weighted by molar-refractivity contribution is -0.146. The number of ether oxygens (including phenoxy) is 4. The van der Waals surface area contributed by atoms with Gasteiger partial charge in [-0.1, -0.05) is 0 Å². The van der Waals surface area contributed by atoms with Crippen molar-refractivity contribution < 1.29 is 28.5 Å². The van der Waals surface area contributed by atoms with Crippen LogP contribution in [0.1, 0.15) is 19.4 Å². The van der Waals surface area contributed by atoms with Crippen LogP contribution >= 0.6 is 0 Å². The highest BCUT2D eigenvalue weighted by molar-refractivity contribution is 6.17. The summed E-state index contributed by atoms with van der Waals surface area (Å²) in [6.07, 6.45) is 1.39. The van der Waals surface area contributed by atoms with Crippen molar-refractivity contribution in [2.45, 2.75) is 13.8 Å². The number of carbonyl (C=O) groups is 2. The highest BCUT2D eigenvalue weighted by Gasteiger charge is 2.21. The van der Waals surface area contributed by atoms with Crippen molar-refractivity contribution in [2.24, 2.45) is 0 Å². The molecule has 1 rings (SSSR count). The van der Waals surface area contributed by atoms with Crippen LogP contribution in [0, 0.1) is 0 Å². The summed E-state index contributed by atoms with van der Waals surface area (Å²) in [5.41, 5.74) is 0.381. The van der Waals surface area contributed by atoms with Gasteiger partial charge in [-0.25, -0.2) is 9.59 Å². The number of methoxy groups -OCH3 is 2. The first kappa shape index (κ1) is 17.6. The zero-order valence-electron chi connectivity index (χ0n) is 13.2. The van der Waals surface area contributed by atoms with Crippen LogP contribution in [0.4, 0.5) is 0 Å². The van der Waals surface area contributed by atoms with Gasteiger partial charge in [0, 0.05) is 6.07 Å². The maximum Gasteiger partial charge on any atom is 0.345 e. The lowest BCUT2D eigenvalue weighted by Crippen LogP contribution is -2.18. The first-order valence-electron chi connectivity index (χ1n) is 6.84. The quantitative estimate of drug-likeness (QED) is 0.333. The summed E-state index contributed by atoms with van der Waals surface area (Å²) in [5.74, 6) is -0.388. The first-order chi connectivity index (χ1) is 10.5. The van der Waals surface area contributed by atoms with Gasteiger partial charge in [0.05, 0.1) is 27.4 Å². The Kier molecular flexibility index (Phi) is 6.95. The van der Waals surface area contributed by atoms with E-state index >= 15 is 0 Å². The van der Waals surface area contributed by atoms with Gasteiger partial charge in [-0.3, -0.25) is 0 Å². The molecule has 6 heteroatoms. The average Bonchev–Trinajstić information content (AvgIpc) is 2.52. The molecule has 0 heterocycles. The molecule has 0 spiro atoms. The molecule has 0 aromatic heterocycles. The standard InChI is InChI=1S/C16H20O6/c1-5-21-15(17)14(16(18)22-6-2)9-11-7-12(19-3)10-13(8-11)20-4/h7-10H,5-6H2,1-4H3.